The summed E-state index contributed by atoms with van der Waals surface area (Å²) < 4.78 is 79.1. The number of carbonyl (C=O) groups is 2. The minimum atomic E-state index is -5.38. The number of alkyl halides is 6. The number of halogens is 6. The second kappa shape index (κ2) is 5.63. The van der Waals surface area contributed by atoms with Crippen LogP contribution in [0, 0.1) is 0 Å². The van der Waals surface area contributed by atoms with Crippen molar-refractivity contribution < 1.29 is 40.7 Å². The highest BCUT2D eigenvalue weighted by Crippen LogP contribution is 2.34. The smallest absolute Gasteiger partial charge is 0.345 e. The third-order valence-corrected chi connectivity index (χ3v) is 2.62. The Kier molecular flexibility index (Phi) is 5.19. The lowest BCUT2D eigenvalue weighted by Gasteiger charge is -2.35. The molecule has 0 aliphatic rings. The number of ether oxygens (including phenoxy) is 1. The Hall–Kier alpha value is -1.64. The minimum absolute atomic E-state index is 0.369. The van der Waals surface area contributed by atoms with E-state index in [1.165, 1.54) is 0 Å². The van der Waals surface area contributed by atoms with Crippen molar-refractivity contribution in [3.05, 3.63) is 25.3 Å². The van der Waals surface area contributed by atoms with E-state index in [1.54, 1.807) is 0 Å². The maximum atomic E-state index is 12.4. The molecule has 0 aromatic carbocycles. The highest BCUT2D eigenvalue weighted by molar-refractivity contribution is 5.96. The molecule has 21 heavy (non-hydrogen) atoms. The van der Waals surface area contributed by atoms with Gasteiger partial charge in [-0.05, 0) is 13.8 Å². The fraction of sp³-hybridized carbons (Fsp3) is 0.500. The van der Waals surface area contributed by atoms with Crippen LogP contribution in [-0.4, -0.2) is 35.1 Å². The van der Waals surface area contributed by atoms with Crippen LogP contribution in [0.1, 0.15) is 13.8 Å². The van der Waals surface area contributed by atoms with Crippen molar-refractivity contribution in [2.45, 2.75) is 37.4 Å². The lowest BCUT2D eigenvalue weighted by Crippen LogP contribution is -2.54. The first kappa shape index (κ1) is 19.4. The van der Waals surface area contributed by atoms with Gasteiger partial charge in [0.1, 0.15) is 0 Å². The number of Topliss-reactive ketones (excluding diaryl/α,β-unsaturated/α-hetero) is 2. The van der Waals surface area contributed by atoms with Crippen molar-refractivity contribution in [2.75, 3.05) is 0 Å². The molecule has 0 radical (unpaired) electrons. The molecule has 0 saturated carbocycles. The molecule has 0 spiro atoms. The van der Waals surface area contributed by atoms with E-state index in [9.17, 15) is 35.9 Å². The minimum Gasteiger partial charge on any atom is -0.345 e. The van der Waals surface area contributed by atoms with Crippen LogP contribution < -0.4 is 0 Å². The Morgan fingerprint density at radius 2 is 1.05 bits per heavy atom. The number of rotatable bonds is 6. The zero-order chi connectivity index (χ0) is 17.3. The second-order valence-corrected chi connectivity index (χ2v) is 4.38. The lowest BCUT2D eigenvalue weighted by atomic mass is 9.94. The number of ketones is 2. The maximum Gasteiger partial charge on any atom is 0.453 e. The average Bonchev–Trinajstić information content (AvgIpc) is 2.34. The van der Waals surface area contributed by atoms with Crippen molar-refractivity contribution in [3.63, 3.8) is 0 Å². The highest BCUT2D eigenvalue weighted by Gasteiger charge is 2.57. The van der Waals surface area contributed by atoms with Crippen LogP contribution in [0.25, 0.3) is 0 Å². The lowest BCUT2D eigenvalue weighted by molar-refractivity contribution is -0.210. The van der Waals surface area contributed by atoms with Gasteiger partial charge in [0.2, 0.25) is 0 Å². The quantitative estimate of drug-likeness (QED) is 0.558. The van der Waals surface area contributed by atoms with Gasteiger partial charge in [-0.3, -0.25) is 9.59 Å². The van der Waals surface area contributed by atoms with E-state index in [-0.39, 0.29) is 0 Å². The van der Waals surface area contributed by atoms with Gasteiger partial charge in [-0.1, -0.05) is 25.3 Å². The van der Waals surface area contributed by atoms with Gasteiger partial charge in [-0.2, -0.15) is 26.3 Å². The van der Waals surface area contributed by atoms with Crippen LogP contribution in [0.15, 0.2) is 25.3 Å². The van der Waals surface area contributed by atoms with Gasteiger partial charge in [0.05, 0.1) is 0 Å². The van der Waals surface area contributed by atoms with Crippen LogP contribution >= 0.6 is 0 Å². The Morgan fingerprint density at radius 1 is 0.810 bits per heavy atom. The Labute approximate surface area is 116 Å². The zero-order valence-corrected chi connectivity index (χ0v) is 11.1. The summed E-state index contributed by atoms with van der Waals surface area (Å²) in [5, 5.41) is 0. The standard InChI is InChI=1S/C12H12F6O3/c1-5-9(3,7(19)11(13,14)15)21-10(4,6-2)8(20)12(16,17)18/h5-6H,1-2H2,3-4H3. The fourth-order valence-electron chi connectivity index (χ4n) is 1.36. The predicted octanol–water partition coefficient (Wildman–Crippen LogP) is 3.16. The van der Waals surface area contributed by atoms with E-state index >= 15 is 0 Å². The van der Waals surface area contributed by atoms with Crippen LogP contribution in [0.4, 0.5) is 26.3 Å². The number of carbonyl (C=O) groups excluding carboxylic acids is 2. The van der Waals surface area contributed by atoms with Crippen molar-refractivity contribution in [1.82, 2.24) is 0 Å². The van der Waals surface area contributed by atoms with Gasteiger partial charge >= 0.3 is 12.4 Å². The fourth-order valence-corrected chi connectivity index (χ4v) is 1.36. The number of hydrogen-bond acceptors (Lipinski definition) is 3. The molecular weight excluding hydrogens is 306 g/mol. The highest BCUT2D eigenvalue weighted by atomic mass is 19.4. The summed E-state index contributed by atoms with van der Waals surface area (Å²) in [5.74, 6) is -4.99. The van der Waals surface area contributed by atoms with E-state index in [4.69, 9.17) is 0 Å². The van der Waals surface area contributed by atoms with Gasteiger partial charge in [-0.25, -0.2) is 0 Å². The summed E-state index contributed by atoms with van der Waals surface area (Å²) >= 11 is 0. The number of hydrogen-bond donors (Lipinski definition) is 0. The molecule has 0 fully saturated rings. The molecule has 9 heteroatoms. The third-order valence-electron chi connectivity index (χ3n) is 2.62. The monoisotopic (exact) mass is 318 g/mol. The molecule has 2 unspecified atom stereocenters. The van der Waals surface area contributed by atoms with Crippen molar-refractivity contribution in [3.8, 4) is 0 Å². The van der Waals surface area contributed by atoms with Crippen LogP contribution in [0.3, 0.4) is 0 Å². The Balaban J connectivity index is 5.74. The molecule has 0 aliphatic carbocycles. The molecule has 0 heterocycles. The predicted molar refractivity (Wildman–Crippen MR) is 60.4 cm³/mol. The van der Waals surface area contributed by atoms with E-state index in [0.717, 1.165) is 0 Å². The van der Waals surface area contributed by atoms with Gasteiger partial charge < -0.3 is 4.74 Å². The van der Waals surface area contributed by atoms with Gasteiger partial charge in [0, 0.05) is 0 Å². The summed E-state index contributed by atoms with van der Waals surface area (Å²) in [6.07, 6.45) is -10.0. The Morgan fingerprint density at radius 3 is 1.19 bits per heavy atom. The third kappa shape index (κ3) is 4.16. The molecule has 0 saturated heterocycles. The van der Waals surface area contributed by atoms with Crippen LogP contribution in [0.2, 0.25) is 0 Å². The van der Waals surface area contributed by atoms with Crippen LogP contribution in [0.5, 0.6) is 0 Å². The Bertz CT molecular complexity index is 423. The first-order valence-corrected chi connectivity index (χ1v) is 5.34. The van der Waals surface area contributed by atoms with Crippen molar-refractivity contribution in [2.24, 2.45) is 0 Å². The van der Waals surface area contributed by atoms with Crippen LogP contribution in [-0.2, 0) is 14.3 Å². The molecule has 0 N–H and O–H groups in total. The molecule has 120 valence electrons. The molecule has 0 bridgehead atoms. The van der Waals surface area contributed by atoms with Gasteiger partial charge in [-0.15, -0.1) is 0 Å². The first-order chi connectivity index (χ1) is 9.14. The maximum absolute atomic E-state index is 12.4. The first-order valence-electron chi connectivity index (χ1n) is 5.34. The summed E-state index contributed by atoms with van der Waals surface area (Å²) in [4.78, 5) is 22.5. The van der Waals surface area contributed by atoms with Crippen molar-refractivity contribution in [1.29, 1.82) is 0 Å². The summed E-state index contributed by atoms with van der Waals surface area (Å²) in [5.41, 5.74) is -5.75. The second-order valence-electron chi connectivity index (χ2n) is 4.38. The molecule has 0 aliphatic heterocycles. The summed E-state index contributed by atoms with van der Waals surface area (Å²) in [6, 6.07) is 0. The van der Waals surface area contributed by atoms with E-state index in [1.807, 2.05) is 0 Å². The SMILES string of the molecule is C=CC(C)(OC(C)(C=C)C(=O)C(F)(F)F)C(=O)C(F)(F)F. The molecule has 0 aromatic rings. The average molecular weight is 318 g/mol. The molecular formula is C12H12F6O3. The molecule has 0 aromatic heterocycles. The van der Waals surface area contributed by atoms with Gasteiger partial charge in [0.15, 0.2) is 11.2 Å². The summed E-state index contributed by atoms with van der Waals surface area (Å²) in [6.45, 7) is 6.98. The zero-order valence-electron chi connectivity index (χ0n) is 11.1. The molecule has 0 rings (SSSR count). The normalized spacial score (nSPS) is 18.3. The largest absolute Gasteiger partial charge is 0.453 e. The molecule has 3 nitrogen and oxygen atoms in total. The van der Waals surface area contributed by atoms with Crippen molar-refractivity contribution >= 4 is 11.6 Å². The van der Waals surface area contributed by atoms with E-state index < -0.39 is 35.1 Å². The molecule has 0 amide bonds. The summed E-state index contributed by atoms with van der Waals surface area (Å²) in [7, 11) is 0. The van der Waals surface area contributed by atoms with E-state index in [2.05, 4.69) is 17.9 Å². The van der Waals surface area contributed by atoms with Gasteiger partial charge in [0.25, 0.3) is 11.6 Å². The topological polar surface area (TPSA) is 43.4 Å². The van der Waals surface area contributed by atoms with E-state index in [0.29, 0.717) is 26.0 Å². The molecule has 2 atom stereocenters.